The van der Waals surface area contributed by atoms with Crippen LogP contribution in [0.15, 0.2) is 52.4 Å². The molecule has 0 unspecified atom stereocenters. The summed E-state index contributed by atoms with van der Waals surface area (Å²) in [6.07, 6.45) is 1.77. The molecule has 0 bridgehead atoms. The zero-order valence-corrected chi connectivity index (χ0v) is 13.2. The van der Waals surface area contributed by atoms with Gasteiger partial charge in [-0.2, -0.15) is 0 Å². The van der Waals surface area contributed by atoms with Gasteiger partial charge in [-0.3, -0.25) is 0 Å². The minimum atomic E-state index is 0.607. The van der Waals surface area contributed by atoms with Crippen LogP contribution in [0.5, 0.6) is 0 Å². The predicted octanol–water partition coefficient (Wildman–Crippen LogP) is 5.02. The van der Waals surface area contributed by atoms with Crippen LogP contribution in [-0.2, 0) is 0 Å². The average Bonchev–Trinajstić information content (AvgIpc) is 2.89. The van der Waals surface area contributed by atoms with E-state index in [-0.39, 0.29) is 0 Å². The summed E-state index contributed by atoms with van der Waals surface area (Å²) in [5.74, 6) is 0.607. The summed E-state index contributed by atoms with van der Waals surface area (Å²) in [4.78, 5) is 9.92. The molecular formula is C15H12BrN3S. The van der Waals surface area contributed by atoms with Crippen LogP contribution in [0.2, 0.25) is 0 Å². The number of hydrogen-bond donors (Lipinski definition) is 1. The molecule has 1 aromatic carbocycles. The molecule has 5 heteroatoms. The van der Waals surface area contributed by atoms with Crippen molar-refractivity contribution < 1.29 is 0 Å². The van der Waals surface area contributed by atoms with Crippen molar-refractivity contribution in [3.8, 4) is 10.6 Å². The Morgan fingerprint density at radius 2 is 1.85 bits per heavy atom. The SMILES string of the molecule is Cc1ccc(Nc2nccc(-c3ccc(Br)s3)n2)cc1. The van der Waals surface area contributed by atoms with Crippen LogP contribution in [-0.4, -0.2) is 9.97 Å². The van der Waals surface area contributed by atoms with Crippen LogP contribution in [0.25, 0.3) is 10.6 Å². The Bertz CT molecular complexity index is 722. The van der Waals surface area contributed by atoms with Gasteiger partial charge in [-0.05, 0) is 53.2 Å². The zero-order chi connectivity index (χ0) is 13.9. The first-order chi connectivity index (χ1) is 9.70. The van der Waals surface area contributed by atoms with E-state index in [0.717, 1.165) is 20.0 Å². The Labute approximate surface area is 129 Å². The quantitative estimate of drug-likeness (QED) is 0.724. The molecule has 3 nitrogen and oxygen atoms in total. The van der Waals surface area contributed by atoms with Gasteiger partial charge in [-0.15, -0.1) is 11.3 Å². The molecule has 0 aliphatic carbocycles. The van der Waals surface area contributed by atoms with E-state index in [1.54, 1.807) is 17.5 Å². The van der Waals surface area contributed by atoms with Gasteiger partial charge in [0.15, 0.2) is 0 Å². The number of hydrogen-bond acceptors (Lipinski definition) is 4. The Balaban J connectivity index is 1.86. The monoisotopic (exact) mass is 345 g/mol. The number of aromatic nitrogens is 2. The summed E-state index contributed by atoms with van der Waals surface area (Å²) in [6.45, 7) is 2.07. The maximum absolute atomic E-state index is 4.54. The molecule has 20 heavy (non-hydrogen) atoms. The summed E-state index contributed by atoms with van der Waals surface area (Å²) in [5, 5.41) is 3.22. The standard InChI is InChI=1S/C15H12BrN3S/c1-10-2-4-11(5-3-10)18-15-17-9-8-12(19-15)13-6-7-14(16)20-13/h2-9H,1H3,(H,17,18,19). The molecule has 3 rings (SSSR count). The van der Waals surface area contributed by atoms with Crippen LogP contribution in [0.3, 0.4) is 0 Å². The van der Waals surface area contributed by atoms with Crippen molar-refractivity contribution in [2.24, 2.45) is 0 Å². The fourth-order valence-corrected chi connectivity index (χ4v) is 3.13. The van der Waals surface area contributed by atoms with Crippen molar-refractivity contribution >= 4 is 38.9 Å². The van der Waals surface area contributed by atoms with Crippen molar-refractivity contribution in [2.45, 2.75) is 6.92 Å². The first-order valence-electron chi connectivity index (χ1n) is 6.13. The topological polar surface area (TPSA) is 37.8 Å². The van der Waals surface area contributed by atoms with Crippen LogP contribution in [0.1, 0.15) is 5.56 Å². The minimum absolute atomic E-state index is 0.607. The van der Waals surface area contributed by atoms with E-state index >= 15 is 0 Å². The molecule has 0 fully saturated rings. The van der Waals surface area contributed by atoms with E-state index in [1.165, 1.54) is 5.56 Å². The lowest BCUT2D eigenvalue weighted by molar-refractivity contribution is 1.17. The highest BCUT2D eigenvalue weighted by Crippen LogP contribution is 2.30. The molecule has 0 amide bonds. The third kappa shape index (κ3) is 3.05. The molecule has 1 N–H and O–H groups in total. The number of halogens is 1. The predicted molar refractivity (Wildman–Crippen MR) is 87.5 cm³/mol. The van der Waals surface area contributed by atoms with E-state index in [2.05, 4.69) is 50.3 Å². The van der Waals surface area contributed by atoms with Gasteiger partial charge in [-0.1, -0.05) is 17.7 Å². The van der Waals surface area contributed by atoms with Crippen molar-refractivity contribution in [1.29, 1.82) is 0 Å². The third-order valence-electron chi connectivity index (χ3n) is 2.79. The molecule has 0 aliphatic heterocycles. The lowest BCUT2D eigenvalue weighted by Gasteiger charge is -2.06. The normalized spacial score (nSPS) is 10.5. The van der Waals surface area contributed by atoms with Gasteiger partial charge in [0.05, 0.1) is 14.4 Å². The number of anilines is 2. The van der Waals surface area contributed by atoms with Crippen molar-refractivity contribution in [2.75, 3.05) is 5.32 Å². The number of thiophene rings is 1. The lowest BCUT2D eigenvalue weighted by atomic mass is 10.2. The lowest BCUT2D eigenvalue weighted by Crippen LogP contribution is -1.97. The molecule has 0 radical (unpaired) electrons. The molecule has 100 valence electrons. The summed E-state index contributed by atoms with van der Waals surface area (Å²) in [6, 6.07) is 14.1. The van der Waals surface area contributed by atoms with Gasteiger partial charge in [0, 0.05) is 11.9 Å². The van der Waals surface area contributed by atoms with E-state index in [1.807, 2.05) is 30.3 Å². The fraction of sp³-hybridized carbons (Fsp3) is 0.0667. The minimum Gasteiger partial charge on any atom is -0.324 e. The smallest absolute Gasteiger partial charge is 0.227 e. The number of aryl methyl sites for hydroxylation is 1. The second kappa shape index (κ2) is 5.73. The van der Waals surface area contributed by atoms with Gasteiger partial charge in [0.25, 0.3) is 0 Å². The number of rotatable bonds is 3. The number of nitrogens with one attached hydrogen (secondary N) is 1. The van der Waals surface area contributed by atoms with Crippen LogP contribution in [0.4, 0.5) is 11.6 Å². The van der Waals surface area contributed by atoms with E-state index < -0.39 is 0 Å². The van der Waals surface area contributed by atoms with E-state index in [9.17, 15) is 0 Å². The number of nitrogens with zero attached hydrogens (tertiary/aromatic N) is 2. The van der Waals surface area contributed by atoms with Gasteiger partial charge < -0.3 is 5.32 Å². The zero-order valence-electron chi connectivity index (χ0n) is 10.8. The maximum atomic E-state index is 4.54. The van der Waals surface area contributed by atoms with E-state index in [4.69, 9.17) is 0 Å². The van der Waals surface area contributed by atoms with Crippen LogP contribution in [0, 0.1) is 6.92 Å². The van der Waals surface area contributed by atoms with Gasteiger partial charge in [-0.25, -0.2) is 9.97 Å². The first kappa shape index (κ1) is 13.3. The first-order valence-corrected chi connectivity index (χ1v) is 7.74. The van der Waals surface area contributed by atoms with Gasteiger partial charge >= 0.3 is 0 Å². The molecule has 0 saturated carbocycles. The Hall–Kier alpha value is -1.72. The molecule has 0 atom stereocenters. The highest BCUT2D eigenvalue weighted by molar-refractivity contribution is 9.11. The summed E-state index contributed by atoms with van der Waals surface area (Å²) >= 11 is 5.12. The summed E-state index contributed by atoms with van der Waals surface area (Å²) < 4.78 is 1.10. The molecule has 2 aromatic heterocycles. The second-order valence-corrected chi connectivity index (χ2v) is 6.82. The second-order valence-electron chi connectivity index (χ2n) is 4.36. The molecule has 3 aromatic rings. The molecule has 0 saturated heterocycles. The van der Waals surface area contributed by atoms with Gasteiger partial charge in [0.1, 0.15) is 0 Å². The van der Waals surface area contributed by atoms with E-state index in [0.29, 0.717) is 5.95 Å². The Morgan fingerprint density at radius 3 is 2.55 bits per heavy atom. The van der Waals surface area contributed by atoms with Crippen molar-refractivity contribution in [3.05, 3.63) is 58.0 Å². The van der Waals surface area contributed by atoms with Gasteiger partial charge in [0.2, 0.25) is 5.95 Å². The van der Waals surface area contributed by atoms with Crippen molar-refractivity contribution in [1.82, 2.24) is 9.97 Å². The van der Waals surface area contributed by atoms with Crippen LogP contribution < -0.4 is 5.32 Å². The molecular weight excluding hydrogens is 334 g/mol. The maximum Gasteiger partial charge on any atom is 0.227 e. The molecule has 0 spiro atoms. The Kier molecular flexibility index (Phi) is 3.80. The largest absolute Gasteiger partial charge is 0.324 e. The highest BCUT2D eigenvalue weighted by Gasteiger charge is 2.05. The fourth-order valence-electron chi connectivity index (χ4n) is 1.77. The third-order valence-corrected chi connectivity index (χ3v) is 4.44. The van der Waals surface area contributed by atoms with Crippen LogP contribution >= 0.6 is 27.3 Å². The summed E-state index contributed by atoms with van der Waals surface area (Å²) in [7, 11) is 0. The highest BCUT2D eigenvalue weighted by atomic mass is 79.9. The van der Waals surface area contributed by atoms with Crippen molar-refractivity contribution in [3.63, 3.8) is 0 Å². The summed E-state index contributed by atoms with van der Waals surface area (Å²) in [5.41, 5.74) is 3.14. The number of benzene rings is 1. The Morgan fingerprint density at radius 1 is 1.05 bits per heavy atom. The average molecular weight is 346 g/mol. The molecule has 0 aliphatic rings. The molecule has 2 heterocycles.